The molecule has 0 amide bonds. The highest BCUT2D eigenvalue weighted by Gasteiger charge is 2.11. The lowest BCUT2D eigenvalue weighted by Crippen LogP contribution is -2.39. The van der Waals surface area contributed by atoms with Gasteiger partial charge in [0, 0.05) is 44.4 Å². The average Bonchev–Trinajstić information content (AvgIpc) is 2.72. The van der Waals surface area contributed by atoms with Crippen LogP contribution in [0.4, 0.5) is 11.6 Å². The van der Waals surface area contributed by atoms with Crippen molar-refractivity contribution in [3.8, 4) is 11.4 Å². The summed E-state index contributed by atoms with van der Waals surface area (Å²) in [5.41, 5.74) is 1.02. The second kappa shape index (κ2) is 10.9. The van der Waals surface area contributed by atoms with Crippen LogP contribution in [0.2, 0.25) is 0 Å². The molecule has 1 aliphatic heterocycles. The monoisotopic (exact) mass is 384 g/mol. The molecule has 2 heterocycles. The molecular formula is C21H32N6O. The van der Waals surface area contributed by atoms with Crippen molar-refractivity contribution in [2.45, 2.75) is 6.42 Å². The molecule has 2 aromatic rings. The van der Waals surface area contributed by atoms with Gasteiger partial charge in [-0.25, -0.2) is 9.97 Å². The van der Waals surface area contributed by atoms with Gasteiger partial charge in [0.25, 0.3) is 0 Å². The fourth-order valence-corrected chi connectivity index (χ4v) is 3.12. The first-order valence-electron chi connectivity index (χ1n) is 10.1. The zero-order chi connectivity index (χ0) is 19.6. The molecule has 2 N–H and O–H groups in total. The highest BCUT2D eigenvalue weighted by molar-refractivity contribution is 5.61. The van der Waals surface area contributed by atoms with Gasteiger partial charge in [-0.2, -0.15) is 0 Å². The van der Waals surface area contributed by atoms with Crippen LogP contribution in [0.15, 0.2) is 36.4 Å². The average molecular weight is 385 g/mol. The van der Waals surface area contributed by atoms with Crippen LogP contribution < -0.4 is 10.6 Å². The topological polar surface area (TPSA) is 65.5 Å². The van der Waals surface area contributed by atoms with E-state index in [9.17, 15) is 0 Å². The van der Waals surface area contributed by atoms with Crippen molar-refractivity contribution in [1.29, 1.82) is 0 Å². The molecule has 0 saturated carbocycles. The van der Waals surface area contributed by atoms with Gasteiger partial charge < -0.3 is 20.3 Å². The van der Waals surface area contributed by atoms with E-state index >= 15 is 0 Å². The van der Waals surface area contributed by atoms with Crippen LogP contribution in [0.1, 0.15) is 6.42 Å². The zero-order valence-corrected chi connectivity index (χ0v) is 17.0. The third kappa shape index (κ3) is 6.74. The normalized spacial score (nSPS) is 15.0. The first kappa shape index (κ1) is 20.5. The number of rotatable bonds is 10. The van der Waals surface area contributed by atoms with Gasteiger partial charge in [0.15, 0.2) is 5.82 Å². The summed E-state index contributed by atoms with van der Waals surface area (Å²) >= 11 is 0. The van der Waals surface area contributed by atoms with Gasteiger partial charge in [-0.3, -0.25) is 4.90 Å². The molecule has 0 spiro atoms. The molecule has 1 aromatic carbocycles. The first-order chi connectivity index (χ1) is 13.7. The van der Waals surface area contributed by atoms with E-state index in [0.717, 1.165) is 81.9 Å². The second-order valence-corrected chi connectivity index (χ2v) is 7.29. The highest BCUT2D eigenvalue weighted by Crippen LogP contribution is 2.20. The van der Waals surface area contributed by atoms with Crippen LogP contribution in [0.5, 0.6) is 0 Å². The van der Waals surface area contributed by atoms with E-state index in [1.807, 2.05) is 36.4 Å². The Kier molecular flexibility index (Phi) is 8.02. The van der Waals surface area contributed by atoms with E-state index in [1.54, 1.807) is 0 Å². The molecule has 0 bridgehead atoms. The van der Waals surface area contributed by atoms with Crippen molar-refractivity contribution in [3.63, 3.8) is 0 Å². The lowest BCUT2D eigenvalue weighted by molar-refractivity contribution is 0.0398. The number of hydrogen-bond donors (Lipinski definition) is 2. The Morgan fingerprint density at radius 3 is 2.36 bits per heavy atom. The van der Waals surface area contributed by atoms with E-state index < -0.39 is 0 Å². The van der Waals surface area contributed by atoms with Crippen LogP contribution in [-0.4, -0.2) is 86.3 Å². The molecule has 7 nitrogen and oxygen atoms in total. The standard InChI is InChI=1S/C21H32N6O/c1-26(2)11-6-9-22-19-17-20(23-10-12-27-13-15-28-16-14-27)25-21(24-19)18-7-4-3-5-8-18/h3-5,7-8,17H,6,9-16H2,1-2H3,(H2,22,23,24,25). The maximum Gasteiger partial charge on any atom is 0.163 e. The fraction of sp³-hybridized carbons (Fsp3) is 0.524. The predicted molar refractivity (Wildman–Crippen MR) is 115 cm³/mol. The molecule has 1 saturated heterocycles. The molecular weight excluding hydrogens is 352 g/mol. The third-order valence-electron chi connectivity index (χ3n) is 4.68. The summed E-state index contributed by atoms with van der Waals surface area (Å²) in [4.78, 5) is 14.0. The van der Waals surface area contributed by atoms with Crippen molar-refractivity contribution in [1.82, 2.24) is 19.8 Å². The Labute approximate surface area is 168 Å². The maximum atomic E-state index is 5.41. The molecule has 1 fully saturated rings. The minimum atomic E-state index is 0.743. The number of nitrogens with one attached hydrogen (secondary N) is 2. The molecule has 0 aliphatic carbocycles. The van der Waals surface area contributed by atoms with E-state index in [0.29, 0.717) is 0 Å². The lowest BCUT2D eigenvalue weighted by Gasteiger charge is -2.26. The number of hydrogen-bond acceptors (Lipinski definition) is 7. The van der Waals surface area contributed by atoms with Crippen molar-refractivity contribution in [3.05, 3.63) is 36.4 Å². The van der Waals surface area contributed by atoms with Gasteiger partial charge >= 0.3 is 0 Å². The van der Waals surface area contributed by atoms with Crippen LogP contribution in [0, 0.1) is 0 Å². The summed E-state index contributed by atoms with van der Waals surface area (Å²) in [6, 6.07) is 12.1. The van der Waals surface area contributed by atoms with Crippen molar-refractivity contribution in [2.24, 2.45) is 0 Å². The largest absolute Gasteiger partial charge is 0.379 e. The van der Waals surface area contributed by atoms with Crippen molar-refractivity contribution >= 4 is 11.6 Å². The summed E-state index contributed by atoms with van der Waals surface area (Å²) < 4.78 is 5.41. The van der Waals surface area contributed by atoms with Crippen LogP contribution in [-0.2, 0) is 4.74 Å². The quantitative estimate of drug-likeness (QED) is 0.609. The Hall–Kier alpha value is -2.22. The van der Waals surface area contributed by atoms with Gasteiger partial charge in [0.05, 0.1) is 13.2 Å². The van der Waals surface area contributed by atoms with E-state index in [2.05, 4.69) is 34.5 Å². The van der Waals surface area contributed by atoms with Crippen LogP contribution in [0.3, 0.4) is 0 Å². The second-order valence-electron chi connectivity index (χ2n) is 7.29. The van der Waals surface area contributed by atoms with E-state index in [-0.39, 0.29) is 0 Å². The van der Waals surface area contributed by atoms with Gasteiger partial charge in [-0.05, 0) is 27.1 Å². The highest BCUT2D eigenvalue weighted by atomic mass is 16.5. The smallest absolute Gasteiger partial charge is 0.163 e. The Morgan fingerprint density at radius 1 is 1.00 bits per heavy atom. The summed E-state index contributed by atoms with van der Waals surface area (Å²) in [6.07, 6.45) is 1.07. The first-order valence-corrected chi connectivity index (χ1v) is 10.1. The summed E-state index contributed by atoms with van der Waals surface area (Å²) in [5, 5.41) is 6.91. The van der Waals surface area contributed by atoms with Crippen molar-refractivity contribution in [2.75, 3.05) is 77.2 Å². The molecule has 0 atom stereocenters. The Bertz CT molecular complexity index is 703. The van der Waals surface area contributed by atoms with Crippen LogP contribution >= 0.6 is 0 Å². The number of ether oxygens (including phenoxy) is 1. The van der Waals surface area contributed by atoms with E-state index in [4.69, 9.17) is 14.7 Å². The van der Waals surface area contributed by atoms with Gasteiger partial charge in [-0.1, -0.05) is 30.3 Å². The molecule has 7 heteroatoms. The Morgan fingerprint density at radius 2 is 1.68 bits per heavy atom. The fourth-order valence-electron chi connectivity index (χ4n) is 3.12. The summed E-state index contributed by atoms with van der Waals surface area (Å²) in [7, 11) is 4.18. The number of nitrogens with zero attached hydrogens (tertiary/aromatic N) is 4. The maximum absolute atomic E-state index is 5.41. The molecule has 28 heavy (non-hydrogen) atoms. The summed E-state index contributed by atoms with van der Waals surface area (Å²) in [5.74, 6) is 2.46. The van der Waals surface area contributed by atoms with Gasteiger partial charge in [0.1, 0.15) is 11.6 Å². The molecule has 0 unspecified atom stereocenters. The lowest BCUT2D eigenvalue weighted by atomic mass is 10.2. The summed E-state index contributed by atoms with van der Waals surface area (Å²) in [6.45, 7) is 7.42. The van der Waals surface area contributed by atoms with Gasteiger partial charge in [0.2, 0.25) is 0 Å². The molecule has 3 rings (SSSR count). The predicted octanol–water partition coefficient (Wildman–Crippen LogP) is 2.25. The Balaban J connectivity index is 1.64. The van der Waals surface area contributed by atoms with Crippen molar-refractivity contribution < 1.29 is 4.74 Å². The number of benzene rings is 1. The van der Waals surface area contributed by atoms with Gasteiger partial charge in [-0.15, -0.1) is 0 Å². The molecule has 1 aliphatic rings. The number of anilines is 2. The minimum Gasteiger partial charge on any atom is -0.379 e. The van der Waals surface area contributed by atoms with Crippen LogP contribution in [0.25, 0.3) is 11.4 Å². The van der Waals surface area contributed by atoms with E-state index in [1.165, 1.54) is 0 Å². The molecule has 0 radical (unpaired) electrons. The third-order valence-corrected chi connectivity index (χ3v) is 4.68. The molecule has 1 aromatic heterocycles. The SMILES string of the molecule is CN(C)CCCNc1cc(NCCN2CCOCC2)nc(-c2ccccc2)n1. The minimum absolute atomic E-state index is 0.743. The number of morpholine rings is 1. The molecule has 152 valence electrons. The number of aromatic nitrogens is 2. The zero-order valence-electron chi connectivity index (χ0n) is 17.0.